The summed E-state index contributed by atoms with van der Waals surface area (Å²) in [5.74, 6) is 0.622. The second kappa shape index (κ2) is 9.89. The second-order valence-electron chi connectivity index (χ2n) is 5.11. The van der Waals surface area contributed by atoms with Crippen molar-refractivity contribution in [3.63, 3.8) is 0 Å². The molecule has 5 nitrogen and oxygen atoms in total. The molecule has 1 fully saturated rings. The van der Waals surface area contributed by atoms with E-state index < -0.39 is 0 Å². The number of rotatable bonds is 5. The molecule has 1 aromatic carbocycles. The molecule has 22 heavy (non-hydrogen) atoms. The molecule has 1 aliphatic heterocycles. The van der Waals surface area contributed by atoms with Crippen LogP contribution in [-0.2, 0) is 11.3 Å². The van der Waals surface area contributed by atoms with Gasteiger partial charge in [-0.05, 0) is 31.5 Å². The van der Waals surface area contributed by atoms with Crippen molar-refractivity contribution in [2.45, 2.75) is 20.4 Å². The fraction of sp³-hybridized carbons (Fsp3) is 0.562. The van der Waals surface area contributed by atoms with E-state index in [1.165, 1.54) is 11.3 Å². The second-order valence-corrected chi connectivity index (χ2v) is 5.11. The Hall–Kier alpha value is -1.02. The number of anilines is 1. The van der Waals surface area contributed by atoms with Crippen molar-refractivity contribution < 1.29 is 4.74 Å². The normalized spacial score (nSPS) is 15.4. The van der Waals surface area contributed by atoms with Gasteiger partial charge in [-0.2, -0.15) is 0 Å². The van der Waals surface area contributed by atoms with Crippen LogP contribution in [0.3, 0.4) is 0 Å². The molecular formula is C16H27IN4O. The van der Waals surface area contributed by atoms with Gasteiger partial charge in [0.25, 0.3) is 0 Å². The Morgan fingerprint density at radius 1 is 1.18 bits per heavy atom. The first kappa shape index (κ1) is 19.0. The number of nitrogens with two attached hydrogens (primary N) is 1. The Balaban J connectivity index is 0.00000242. The summed E-state index contributed by atoms with van der Waals surface area (Å²) in [6.45, 7) is 10.1. The molecule has 1 heterocycles. The monoisotopic (exact) mass is 418 g/mol. The molecule has 0 amide bonds. The lowest BCUT2D eigenvalue weighted by Crippen LogP contribution is -2.37. The van der Waals surface area contributed by atoms with Gasteiger partial charge in [0.1, 0.15) is 0 Å². The maximum atomic E-state index is 5.99. The predicted molar refractivity (Wildman–Crippen MR) is 103 cm³/mol. The Kier molecular flexibility index (Phi) is 8.55. The van der Waals surface area contributed by atoms with E-state index >= 15 is 0 Å². The van der Waals surface area contributed by atoms with Gasteiger partial charge in [0.15, 0.2) is 5.96 Å². The molecule has 0 atom stereocenters. The number of nitrogens with zero attached hydrogens (tertiary/aromatic N) is 3. The van der Waals surface area contributed by atoms with Gasteiger partial charge in [-0.25, -0.2) is 4.99 Å². The van der Waals surface area contributed by atoms with Gasteiger partial charge in [0.2, 0.25) is 0 Å². The topological polar surface area (TPSA) is 54.1 Å². The zero-order valence-corrected chi connectivity index (χ0v) is 15.8. The minimum Gasteiger partial charge on any atom is -0.378 e. The lowest BCUT2D eigenvalue weighted by atomic mass is 10.2. The van der Waals surface area contributed by atoms with Crippen LogP contribution in [0.25, 0.3) is 0 Å². The molecular weight excluding hydrogens is 391 g/mol. The number of halogens is 1. The number of hydrogen-bond acceptors (Lipinski definition) is 3. The Labute approximate surface area is 150 Å². The number of benzene rings is 1. The first-order valence-corrected chi connectivity index (χ1v) is 7.71. The lowest BCUT2D eigenvalue weighted by Gasteiger charge is -2.28. The van der Waals surface area contributed by atoms with Crippen LogP contribution in [0.5, 0.6) is 0 Å². The van der Waals surface area contributed by atoms with Gasteiger partial charge < -0.3 is 20.3 Å². The van der Waals surface area contributed by atoms with Crippen molar-refractivity contribution in [2.75, 3.05) is 44.3 Å². The highest BCUT2D eigenvalue weighted by Crippen LogP contribution is 2.17. The van der Waals surface area contributed by atoms with Crippen molar-refractivity contribution >= 4 is 35.6 Å². The summed E-state index contributed by atoms with van der Waals surface area (Å²) in [5.41, 5.74) is 8.42. The van der Waals surface area contributed by atoms with Crippen molar-refractivity contribution in [3.8, 4) is 0 Å². The van der Waals surface area contributed by atoms with E-state index in [0.717, 1.165) is 39.4 Å². The maximum Gasteiger partial charge on any atom is 0.191 e. The van der Waals surface area contributed by atoms with Crippen LogP contribution in [0.1, 0.15) is 19.4 Å². The van der Waals surface area contributed by atoms with Crippen LogP contribution in [0.2, 0.25) is 0 Å². The first-order valence-electron chi connectivity index (χ1n) is 7.71. The SMILES string of the molecule is CCN(CC)C(N)=NCc1ccc(N2CCOCC2)cc1.I. The van der Waals surface area contributed by atoms with Gasteiger partial charge in [-0.1, -0.05) is 12.1 Å². The van der Waals surface area contributed by atoms with Crippen LogP contribution < -0.4 is 10.6 Å². The summed E-state index contributed by atoms with van der Waals surface area (Å²) in [6, 6.07) is 8.57. The first-order chi connectivity index (χ1) is 10.2. The van der Waals surface area contributed by atoms with Gasteiger partial charge >= 0.3 is 0 Å². The van der Waals surface area contributed by atoms with Crippen LogP contribution in [0.15, 0.2) is 29.3 Å². The van der Waals surface area contributed by atoms with Crippen molar-refractivity contribution in [1.82, 2.24) is 4.90 Å². The van der Waals surface area contributed by atoms with E-state index in [2.05, 4.69) is 52.9 Å². The molecule has 0 spiro atoms. The predicted octanol–water partition coefficient (Wildman–Crippen LogP) is 2.30. The maximum absolute atomic E-state index is 5.99. The molecule has 6 heteroatoms. The van der Waals surface area contributed by atoms with Crippen molar-refractivity contribution in [3.05, 3.63) is 29.8 Å². The minimum atomic E-state index is 0. The lowest BCUT2D eigenvalue weighted by molar-refractivity contribution is 0.122. The van der Waals surface area contributed by atoms with E-state index in [0.29, 0.717) is 12.5 Å². The van der Waals surface area contributed by atoms with Crippen molar-refractivity contribution in [2.24, 2.45) is 10.7 Å². The molecule has 1 aromatic rings. The summed E-state index contributed by atoms with van der Waals surface area (Å²) in [6.07, 6.45) is 0. The van der Waals surface area contributed by atoms with Crippen LogP contribution in [0, 0.1) is 0 Å². The fourth-order valence-corrected chi connectivity index (χ4v) is 2.45. The summed E-state index contributed by atoms with van der Waals surface area (Å²) < 4.78 is 5.38. The third kappa shape index (κ3) is 5.31. The number of ether oxygens (including phenoxy) is 1. The molecule has 0 unspecified atom stereocenters. The van der Waals surface area contributed by atoms with Crippen molar-refractivity contribution in [1.29, 1.82) is 0 Å². The summed E-state index contributed by atoms with van der Waals surface area (Å²) >= 11 is 0. The van der Waals surface area contributed by atoms with E-state index in [9.17, 15) is 0 Å². The average molecular weight is 418 g/mol. The van der Waals surface area contributed by atoms with Crippen LogP contribution >= 0.6 is 24.0 Å². The van der Waals surface area contributed by atoms with E-state index in [1.807, 2.05) is 0 Å². The highest BCUT2D eigenvalue weighted by Gasteiger charge is 2.10. The Morgan fingerprint density at radius 3 is 2.32 bits per heavy atom. The van der Waals surface area contributed by atoms with E-state index in [1.54, 1.807) is 0 Å². The zero-order chi connectivity index (χ0) is 15.1. The summed E-state index contributed by atoms with van der Waals surface area (Å²) in [7, 11) is 0. The number of aliphatic imine (C=N–C) groups is 1. The molecule has 0 saturated carbocycles. The molecule has 0 bridgehead atoms. The highest BCUT2D eigenvalue weighted by molar-refractivity contribution is 14.0. The van der Waals surface area contributed by atoms with E-state index in [-0.39, 0.29) is 24.0 Å². The fourth-order valence-electron chi connectivity index (χ4n) is 2.45. The molecule has 0 radical (unpaired) electrons. The quantitative estimate of drug-likeness (QED) is 0.453. The molecule has 1 aliphatic rings. The number of morpholine rings is 1. The number of guanidine groups is 1. The number of hydrogen-bond donors (Lipinski definition) is 1. The molecule has 1 saturated heterocycles. The molecule has 124 valence electrons. The van der Waals surface area contributed by atoms with E-state index in [4.69, 9.17) is 10.5 Å². The Morgan fingerprint density at radius 2 is 1.77 bits per heavy atom. The van der Waals surface area contributed by atoms with Crippen LogP contribution in [0.4, 0.5) is 5.69 Å². The third-order valence-corrected chi connectivity index (χ3v) is 3.82. The van der Waals surface area contributed by atoms with Gasteiger partial charge in [-0.15, -0.1) is 24.0 Å². The summed E-state index contributed by atoms with van der Waals surface area (Å²) in [5, 5.41) is 0. The average Bonchev–Trinajstić information content (AvgIpc) is 2.55. The van der Waals surface area contributed by atoms with Gasteiger partial charge in [0.05, 0.1) is 19.8 Å². The summed E-state index contributed by atoms with van der Waals surface area (Å²) in [4.78, 5) is 8.87. The standard InChI is InChI=1S/C16H26N4O.HI/c1-3-19(4-2)16(17)18-13-14-5-7-15(8-6-14)20-9-11-21-12-10-20;/h5-8H,3-4,9-13H2,1-2H3,(H2,17,18);1H. The molecule has 0 aliphatic carbocycles. The molecule has 2 rings (SSSR count). The minimum absolute atomic E-state index is 0. The third-order valence-electron chi connectivity index (χ3n) is 3.82. The van der Waals surface area contributed by atoms with Crippen LogP contribution in [-0.4, -0.2) is 50.3 Å². The largest absolute Gasteiger partial charge is 0.378 e. The molecule has 2 N–H and O–H groups in total. The zero-order valence-electron chi connectivity index (χ0n) is 13.5. The molecule has 0 aromatic heterocycles. The Bertz CT molecular complexity index is 454. The smallest absolute Gasteiger partial charge is 0.191 e. The van der Waals surface area contributed by atoms with Gasteiger partial charge in [-0.3, -0.25) is 0 Å². The highest BCUT2D eigenvalue weighted by atomic mass is 127. The van der Waals surface area contributed by atoms with Gasteiger partial charge in [0, 0.05) is 31.9 Å².